The Bertz CT molecular complexity index is 851. The van der Waals surface area contributed by atoms with Gasteiger partial charge in [-0.25, -0.2) is 0 Å². The van der Waals surface area contributed by atoms with Crippen LogP contribution in [-0.4, -0.2) is 18.4 Å². The molecule has 1 aliphatic heterocycles. The molecule has 26 heavy (non-hydrogen) atoms. The summed E-state index contributed by atoms with van der Waals surface area (Å²) < 4.78 is 0. The second-order valence-electron chi connectivity index (χ2n) is 7.59. The highest BCUT2D eigenvalue weighted by Crippen LogP contribution is 2.36. The van der Waals surface area contributed by atoms with Crippen molar-refractivity contribution in [3.8, 4) is 0 Å². The maximum atomic E-state index is 12.6. The molecule has 0 unspecified atom stereocenters. The third-order valence-electron chi connectivity index (χ3n) is 5.27. The molecule has 1 fully saturated rings. The average molecular weight is 348 g/mol. The van der Waals surface area contributed by atoms with E-state index in [0.29, 0.717) is 11.5 Å². The molecule has 0 saturated heterocycles. The highest BCUT2D eigenvalue weighted by atomic mass is 16.2. The van der Waals surface area contributed by atoms with Gasteiger partial charge < -0.3 is 10.2 Å². The molecule has 0 radical (unpaired) electrons. The number of hydrogen-bond donors (Lipinski definition) is 1. The quantitative estimate of drug-likeness (QED) is 0.892. The van der Waals surface area contributed by atoms with Crippen molar-refractivity contribution in [1.29, 1.82) is 0 Å². The third-order valence-corrected chi connectivity index (χ3v) is 5.27. The number of nitrogens with one attached hydrogen (secondary N) is 1. The van der Waals surface area contributed by atoms with E-state index in [-0.39, 0.29) is 17.7 Å². The molecule has 2 amide bonds. The zero-order valence-electron chi connectivity index (χ0n) is 15.3. The van der Waals surface area contributed by atoms with E-state index in [0.717, 1.165) is 42.7 Å². The van der Waals surface area contributed by atoms with Gasteiger partial charge in [0, 0.05) is 29.4 Å². The highest BCUT2D eigenvalue weighted by molar-refractivity contribution is 6.05. The number of amides is 2. The van der Waals surface area contributed by atoms with Crippen molar-refractivity contribution in [2.45, 2.75) is 39.0 Å². The Morgan fingerprint density at radius 1 is 1.08 bits per heavy atom. The van der Waals surface area contributed by atoms with E-state index in [9.17, 15) is 9.59 Å². The molecule has 2 aromatic rings. The topological polar surface area (TPSA) is 49.4 Å². The lowest BCUT2D eigenvalue weighted by atomic mass is 10.0. The summed E-state index contributed by atoms with van der Waals surface area (Å²) in [5.41, 5.74) is 4.74. The fourth-order valence-electron chi connectivity index (χ4n) is 3.48. The molecule has 0 spiro atoms. The molecule has 2 aliphatic rings. The molecule has 0 atom stereocenters. The van der Waals surface area contributed by atoms with Crippen molar-refractivity contribution in [3.05, 3.63) is 59.2 Å². The van der Waals surface area contributed by atoms with Crippen LogP contribution in [0.5, 0.6) is 0 Å². The minimum absolute atomic E-state index is 0.114. The first kappa shape index (κ1) is 16.8. The molecule has 1 N–H and O–H groups in total. The van der Waals surface area contributed by atoms with E-state index < -0.39 is 0 Å². The predicted molar refractivity (Wildman–Crippen MR) is 104 cm³/mol. The SMILES string of the molecule is CC(C)c1ccc(NC(=O)c2ccc3c(c2)CCN3C(=O)C2CC2)cc1. The lowest BCUT2D eigenvalue weighted by molar-refractivity contribution is -0.119. The molecule has 1 heterocycles. The van der Waals surface area contributed by atoms with Gasteiger partial charge in [0.15, 0.2) is 0 Å². The van der Waals surface area contributed by atoms with Crippen LogP contribution in [-0.2, 0) is 11.2 Å². The molecule has 0 bridgehead atoms. The average Bonchev–Trinajstić information content (AvgIpc) is 3.40. The Balaban J connectivity index is 1.48. The lowest BCUT2D eigenvalue weighted by Crippen LogP contribution is -2.30. The van der Waals surface area contributed by atoms with Crippen LogP contribution < -0.4 is 10.2 Å². The Morgan fingerprint density at radius 2 is 1.81 bits per heavy atom. The molecule has 134 valence electrons. The maximum Gasteiger partial charge on any atom is 0.255 e. The van der Waals surface area contributed by atoms with Crippen molar-refractivity contribution >= 4 is 23.2 Å². The van der Waals surface area contributed by atoms with E-state index in [4.69, 9.17) is 0 Å². The van der Waals surface area contributed by atoms with Crippen molar-refractivity contribution in [1.82, 2.24) is 0 Å². The molecule has 4 heteroatoms. The summed E-state index contributed by atoms with van der Waals surface area (Å²) in [7, 11) is 0. The molecule has 4 nitrogen and oxygen atoms in total. The van der Waals surface area contributed by atoms with Crippen LogP contribution in [0.3, 0.4) is 0 Å². The minimum atomic E-state index is -0.114. The van der Waals surface area contributed by atoms with Gasteiger partial charge in [-0.1, -0.05) is 26.0 Å². The molecule has 1 saturated carbocycles. The monoisotopic (exact) mass is 348 g/mol. The van der Waals surface area contributed by atoms with Gasteiger partial charge in [-0.15, -0.1) is 0 Å². The number of carbonyl (C=O) groups is 2. The Morgan fingerprint density at radius 3 is 2.46 bits per heavy atom. The second-order valence-corrected chi connectivity index (χ2v) is 7.59. The van der Waals surface area contributed by atoms with E-state index >= 15 is 0 Å². The van der Waals surface area contributed by atoms with Crippen LogP contribution in [0.4, 0.5) is 11.4 Å². The van der Waals surface area contributed by atoms with E-state index in [1.165, 1.54) is 5.56 Å². The summed E-state index contributed by atoms with van der Waals surface area (Å²) in [5.74, 6) is 0.818. The number of benzene rings is 2. The normalized spacial score (nSPS) is 15.9. The summed E-state index contributed by atoms with van der Waals surface area (Å²) >= 11 is 0. The first-order chi connectivity index (χ1) is 12.5. The Labute approximate surface area is 154 Å². The molecular weight excluding hydrogens is 324 g/mol. The van der Waals surface area contributed by atoms with Gasteiger partial charge in [-0.3, -0.25) is 9.59 Å². The molecule has 1 aliphatic carbocycles. The third kappa shape index (κ3) is 3.24. The maximum absolute atomic E-state index is 12.6. The summed E-state index contributed by atoms with van der Waals surface area (Å²) in [6.45, 7) is 5.02. The Kier molecular flexibility index (Phi) is 4.27. The molecule has 4 rings (SSSR count). The van der Waals surface area contributed by atoms with Crippen LogP contribution in [0.1, 0.15) is 54.1 Å². The number of anilines is 2. The summed E-state index contributed by atoms with van der Waals surface area (Å²) in [6.07, 6.45) is 2.85. The summed E-state index contributed by atoms with van der Waals surface area (Å²) in [4.78, 5) is 26.8. The van der Waals surface area contributed by atoms with Gasteiger partial charge in [0.05, 0.1) is 0 Å². The first-order valence-electron chi connectivity index (χ1n) is 9.38. The number of fused-ring (bicyclic) bond motifs is 1. The van der Waals surface area contributed by atoms with E-state index in [1.54, 1.807) is 0 Å². The number of hydrogen-bond acceptors (Lipinski definition) is 2. The van der Waals surface area contributed by atoms with Gasteiger partial charge in [0.1, 0.15) is 0 Å². The molecule has 0 aromatic heterocycles. The fraction of sp³-hybridized carbons (Fsp3) is 0.364. The standard InChI is InChI=1S/C22H24N2O2/c1-14(2)15-5-8-19(9-6-15)23-21(25)18-7-10-20-17(13-18)11-12-24(20)22(26)16-3-4-16/h5-10,13-14,16H,3-4,11-12H2,1-2H3,(H,23,25). The first-order valence-corrected chi connectivity index (χ1v) is 9.38. The fourth-order valence-corrected chi connectivity index (χ4v) is 3.48. The van der Waals surface area contributed by atoms with Crippen LogP contribution in [0.2, 0.25) is 0 Å². The van der Waals surface area contributed by atoms with Gasteiger partial charge in [0.25, 0.3) is 5.91 Å². The van der Waals surface area contributed by atoms with Crippen LogP contribution in [0.25, 0.3) is 0 Å². The van der Waals surface area contributed by atoms with Gasteiger partial charge >= 0.3 is 0 Å². The lowest BCUT2D eigenvalue weighted by Gasteiger charge is -2.17. The van der Waals surface area contributed by atoms with Crippen molar-refractivity contribution in [2.24, 2.45) is 5.92 Å². The van der Waals surface area contributed by atoms with Gasteiger partial charge in [0.2, 0.25) is 5.91 Å². The smallest absolute Gasteiger partial charge is 0.255 e. The summed E-state index contributed by atoms with van der Waals surface area (Å²) in [6, 6.07) is 13.6. The van der Waals surface area contributed by atoms with Gasteiger partial charge in [-0.05, 0) is 66.6 Å². The van der Waals surface area contributed by atoms with Crippen LogP contribution in [0.15, 0.2) is 42.5 Å². The molecule has 2 aromatic carbocycles. The zero-order valence-corrected chi connectivity index (χ0v) is 15.3. The minimum Gasteiger partial charge on any atom is -0.322 e. The zero-order chi connectivity index (χ0) is 18.3. The highest BCUT2D eigenvalue weighted by Gasteiger charge is 2.36. The van der Waals surface area contributed by atoms with Crippen molar-refractivity contribution < 1.29 is 9.59 Å². The number of nitrogens with zero attached hydrogens (tertiary/aromatic N) is 1. The summed E-state index contributed by atoms with van der Waals surface area (Å²) in [5, 5.41) is 2.96. The van der Waals surface area contributed by atoms with Crippen LogP contribution in [0, 0.1) is 5.92 Å². The van der Waals surface area contributed by atoms with Crippen molar-refractivity contribution in [2.75, 3.05) is 16.8 Å². The number of carbonyl (C=O) groups excluding carboxylic acids is 2. The Hall–Kier alpha value is -2.62. The second kappa shape index (κ2) is 6.60. The van der Waals surface area contributed by atoms with Crippen LogP contribution >= 0.6 is 0 Å². The number of rotatable bonds is 4. The largest absolute Gasteiger partial charge is 0.322 e. The molecular formula is C22H24N2O2. The predicted octanol–water partition coefficient (Wildman–Crippen LogP) is 4.36. The van der Waals surface area contributed by atoms with E-state index in [2.05, 4.69) is 19.2 Å². The van der Waals surface area contributed by atoms with Crippen molar-refractivity contribution in [3.63, 3.8) is 0 Å². The van der Waals surface area contributed by atoms with E-state index in [1.807, 2.05) is 47.4 Å². The van der Waals surface area contributed by atoms with Gasteiger partial charge in [-0.2, -0.15) is 0 Å².